The second-order valence-corrected chi connectivity index (χ2v) is 5.44. The Morgan fingerprint density at radius 1 is 1.32 bits per heavy atom. The Hall–Kier alpha value is -1.26. The van der Waals surface area contributed by atoms with Crippen molar-refractivity contribution in [1.29, 1.82) is 0 Å². The second-order valence-electron chi connectivity index (χ2n) is 4.53. The second kappa shape index (κ2) is 6.26. The molecular weight excluding hydrogens is 307 g/mol. The zero-order valence-electron chi connectivity index (χ0n) is 11.0. The Labute approximate surface area is 121 Å². The van der Waals surface area contributed by atoms with Crippen LogP contribution in [-0.2, 0) is 6.42 Å². The molecule has 0 saturated heterocycles. The lowest BCUT2D eigenvalue weighted by atomic mass is 10.0. The first-order chi connectivity index (χ1) is 9.08. The minimum absolute atomic E-state index is 0.0774. The van der Waals surface area contributed by atoms with E-state index in [4.69, 9.17) is 0 Å². The van der Waals surface area contributed by atoms with Gasteiger partial charge in [-0.05, 0) is 56.3 Å². The quantitative estimate of drug-likeness (QED) is 0.926. The van der Waals surface area contributed by atoms with Gasteiger partial charge in [-0.3, -0.25) is 4.98 Å². The lowest BCUT2D eigenvalue weighted by molar-refractivity contribution is 0.569. The maximum absolute atomic E-state index is 13.4. The van der Waals surface area contributed by atoms with Gasteiger partial charge in [-0.15, -0.1) is 0 Å². The minimum atomic E-state index is -0.226. The van der Waals surface area contributed by atoms with Crippen LogP contribution < -0.4 is 5.32 Å². The number of nitrogens with one attached hydrogen (secondary N) is 1. The van der Waals surface area contributed by atoms with Crippen molar-refractivity contribution in [2.75, 3.05) is 7.05 Å². The molecule has 1 aromatic carbocycles. The molecule has 2 nitrogen and oxygen atoms in total. The standard InChI is InChI=1S/C15H16BrFN2/c1-10-4-3-5-14(19-10)15(18-2)8-11-6-12(16)9-13(17)7-11/h3-7,9,15,18H,8H2,1-2H3. The summed E-state index contributed by atoms with van der Waals surface area (Å²) < 4.78 is 14.1. The van der Waals surface area contributed by atoms with Crippen LogP contribution in [0.15, 0.2) is 40.9 Å². The van der Waals surface area contributed by atoms with Crippen LogP contribution in [0.25, 0.3) is 0 Å². The maximum atomic E-state index is 13.4. The van der Waals surface area contributed by atoms with Gasteiger partial charge in [0.05, 0.1) is 11.7 Å². The molecule has 0 aliphatic carbocycles. The molecule has 0 saturated carbocycles. The van der Waals surface area contributed by atoms with Crippen molar-refractivity contribution in [3.8, 4) is 0 Å². The molecule has 2 aromatic rings. The third kappa shape index (κ3) is 3.85. The zero-order valence-corrected chi connectivity index (χ0v) is 12.5. The van der Waals surface area contributed by atoms with Crippen molar-refractivity contribution in [2.24, 2.45) is 0 Å². The number of likely N-dealkylation sites (N-methyl/N-ethyl adjacent to an activating group) is 1. The van der Waals surface area contributed by atoms with Crippen LogP contribution in [0, 0.1) is 12.7 Å². The molecule has 1 N–H and O–H groups in total. The molecule has 0 aliphatic heterocycles. The number of rotatable bonds is 4. The molecular formula is C15H16BrFN2. The first-order valence-corrected chi connectivity index (χ1v) is 6.93. The van der Waals surface area contributed by atoms with E-state index in [1.807, 2.05) is 38.2 Å². The van der Waals surface area contributed by atoms with Crippen LogP contribution in [0.1, 0.15) is 23.0 Å². The fourth-order valence-electron chi connectivity index (χ4n) is 2.08. The molecule has 1 heterocycles. The van der Waals surface area contributed by atoms with Crippen LogP contribution in [0.3, 0.4) is 0 Å². The normalized spacial score (nSPS) is 12.4. The van der Waals surface area contributed by atoms with E-state index in [0.29, 0.717) is 6.42 Å². The molecule has 0 amide bonds. The minimum Gasteiger partial charge on any atom is -0.311 e. The van der Waals surface area contributed by atoms with Crippen LogP contribution >= 0.6 is 15.9 Å². The predicted molar refractivity (Wildman–Crippen MR) is 78.6 cm³/mol. The summed E-state index contributed by atoms with van der Waals surface area (Å²) in [5.74, 6) is -0.226. The van der Waals surface area contributed by atoms with E-state index in [9.17, 15) is 4.39 Å². The van der Waals surface area contributed by atoms with Crippen molar-refractivity contribution in [3.05, 3.63) is 63.6 Å². The molecule has 0 fully saturated rings. The molecule has 0 spiro atoms. The summed E-state index contributed by atoms with van der Waals surface area (Å²) in [7, 11) is 1.89. The number of benzene rings is 1. The van der Waals surface area contributed by atoms with Crippen molar-refractivity contribution in [2.45, 2.75) is 19.4 Å². The van der Waals surface area contributed by atoms with Gasteiger partial charge in [0.25, 0.3) is 0 Å². The largest absolute Gasteiger partial charge is 0.311 e. The van der Waals surface area contributed by atoms with E-state index in [1.165, 1.54) is 6.07 Å². The summed E-state index contributed by atoms with van der Waals surface area (Å²) in [5, 5.41) is 3.23. The van der Waals surface area contributed by atoms with Crippen LogP contribution in [-0.4, -0.2) is 12.0 Å². The fourth-order valence-corrected chi connectivity index (χ4v) is 2.59. The average molecular weight is 323 g/mol. The van der Waals surface area contributed by atoms with Gasteiger partial charge >= 0.3 is 0 Å². The monoisotopic (exact) mass is 322 g/mol. The summed E-state index contributed by atoms with van der Waals surface area (Å²) in [6.07, 6.45) is 0.698. The van der Waals surface area contributed by atoms with Crippen molar-refractivity contribution < 1.29 is 4.39 Å². The van der Waals surface area contributed by atoms with Gasteiger partial charge in [-0.25, -0.2) is 4.39 Å². The molecule has 0 bridgehead atoms. The van der Waals surface area contributed by atoms with Gasteiger partial charge in [0.1, 0.15) is 5.82 Å². The Bertz CT molecular complexity index is 552. The van der Waals surface area contributed by atoms with E-state index in [-0.39, 0.29) is 11.9 Å². The number of aryl methyl sites for hydroxylation is 1. The molecule has 100 valence electrons. The summed E-state index contributed by atoms with van der Waals surface area (Å²) in [5.41, 5.74) is 2.90. The average Bonchev–Trinajstić information content (AvgIpc) is 2.34. The third-order valence-corrected chi connectivity index (χ3v) is 3.44. The van der Waals surface area contributed by atoms with E-state index in [2.05, 4.69) is 26.2 Å². The summed E-state index contributed by atoms with van der Waals surface area (Å²) in [6.45, 7) is 1.97. The van der Waals surface area contributed by atoms with Crippen molar-refractivity contribution >= 4 is 15.9 Å². The van der Waals surface area contributed by atoms with Gasteiger partial charge in [-0.1, -0.05) is 22.0 Å². The third-order valence-electron chi connectivity index (χ3n) is 2.98. The SMILES string of the molecule is CNC(Cc1cc(F)cc(Br)c1)c1cccc(C)n1. The van der Waals surface area contributed by atoms with Gasteiger partial charge in [0, 0.05) is 10.2 Å². The lowest BCUT2D eigenvalue weighted by Gasteiger charge is -2.16. The fraction of sp³-hybridized carbons (Fsp3) is 0.267. The van der Waals surface area contributed by atoms with Crippen molar-refractivity contribution in [1.82, 2.24) is 10.3 Å². The number of halogens is 2. The van der Waals surface area contributed by atoms with Gasteiger partial charge in [0.2, 0.25) is 0 Å². The topological polar surface area (TPSA) is 24.9 Å². The lowest BCUT2D eigenvalue weighted by Crippen LogP contribution is -2.20. The highest BCUT2D eigenvalue weighted by molar-refractivity contribution is 9.10. The molecule has 1 unspecified atom stereocenters. The first kappa shape index (κ1) is 14.2. The summed E-state index contributed by atoms with van der Waals surface area (Å²) >= 11 is 3.32. The maximum Gasteiger partial charge on any atom is 0.124 e. The summed E-state index contributed by atoms with van der Waals surface area (Å²) in [6, 6.07) is 11.0. The highest BCUT2D eigenvalue weighted by Crippen LogP contribution is 2.21. The van der Waals surface area contributed by atoms with Gasteiger partial charge < -0.3 is 5.32 Å². The summed E-state index contributed by atoms with van der Waals surface area (Å²) in [4.78, 5) is 4.52. The molecule has 1 atom stereocenters. The Kier molecular flexibility index (Phi) is 4.66. The number of hydrogen-bond donors (Lipinski definition) is 1. The van der Waals surface area contributed by atoms with E-state index >= 15 is 0 Å². The Morgan fingerprint density at radius 2 is 2.11 bits per heavy atom. The molecule has 4 heteroatoms. The van der Waals surface area contributed by atoms with E-state index in [0.717, 1.165) is 21.4 Å². The first-order valence-electron chi connectivity index (χ1n) is 6.14. The van der Waals surface area contributed by atoms with Crippen LogP contribution in [0.5, 0.6) is 0 Å². The molecule has 19 heavy (non-hydrogen) atoms. The molecule has 1 aromatic heterocycles. The number of aromatic nitrogens is 1. The highest BCUT2D eigenvalue weighted by Gasteiger charge is 2.12. The van der Waals surface area contributed by atoms with Crippen molar-refractivity contribution in [3.63, 3.8) is 0 Å². The number of pyridine rings is 1. The Morgan fingerprint density at radius 3 is 2.74 bits per heavy atom. The smallest absolute Gasteiger partial charge is 0.124 e. The molecule has 0 aliphatic rings. The van der Waals surface area contributed by atoms with Crippen LogP contribution in [0.2, 0.25) is 0 Å². The molecule has 0 radical (unpaired) electrons. The van der Waals surface area contributed by atoms with Crippen LogP contribution in [0.4, 0.5) is 4.39 Å². The van der Waals surface area contributed by atoms with Gasteiger partial charge in [-0.2, -0.15) is 0 Å². The number of hydrogen-bond acceptors (Lipinski definition) is 2. The number of nitrogens with zero attached hydrogens (tertiary/aromatic N) is 1. The van der Waals surface area contributed by atoms with E-state index < -0.39 is 0 Å². The molecule has 2 rings (SSSR count). The van der Waals surface area contributed by atoms with Gasteiger partial charge in [0.15, 0.2) is 0 Å². The highest BCUT2D eigenvalue weighted by atomic mass is 79.9. The Balaban J connectivity index is 2.23. The predicted octanol–water partition coefficient (Wildman–Crippen LogP) is 3.79. The van der Waals surface area contributed by atoms with E-state index in [1.54, 1.807) is 6.07 Å². The zero-order chi connectivity index (χ0) is 13.8.